The lowest BCUT2D eigenvalue weighted by molar-refractivity contribution is -0.119. The van der Waals surface area contributed by atoms with Crippen LogP contribution < -0.4 is 20.9 Å². The average Bonchev–Trinajstić information content (AvgIpc) is 2.15. The Morgan fingerprint density at radius 3 is 2.71 bits per heavy atom. The maximum atomic E-state index is 10.5. The van der Waals surface area contributed by atoms with Gasteiger partial charge in [0.05, 0.1) is 7.11 Å². The number of carbonyl (C=O) groups excluding carboxylic acids is 1. The minimum Gasteiger partial charge on any atom is -0.493 e. The van der Waals surface area contributed by atoms with Gasteiger partial charge < -0.3 is 20.9 Å². The summed E-state index contributed by atoms with van der Waals surface area (Å²) < 4.78 is 10.1. The number of amides is 1. The molecule has 0 aromatic heterocycles. The Labute approximate surface area is 81.6 Å². The van der Waals surface area contributed by atoms with Gasteiger partial charge >= 0.3 is 0 Å². The molecule has 0 fully saturated rings. The van der Waals surface area contributed by atoms with Crippen LogP contribution in [0, 0.1) is 0 Å². The predicted molar refractivity (Wildman–Crippen MR) is 52.1 cm³/mol. The number of hydrogen-bond donors (Lipinski definition) is 2. The molecule has 0 aliphatic heterocycles. The number of rotatable bonds is 4. The highest BCUT2D eigenvalue weighted by molar-refractivity contribution is 5.75. The smallest absolute Gasteiger partial charge is 0.255 e. The molecule has 0 atom stereocenters. The lowest BCUT2D eigenvalue weighted by Gasteiger charge is -2.09. The van der Waals surface area contributed by atoms with Gasteiger partial charge in [-0.1, -0.05) is 0 Å². The van der Waals surface area contributed by atoms with Crippen LogP contribution >= 0.6 is 0 Å². The van der Waals surface area contributed by atoms with Crippen molar-refractivity contribution in [2.45, 2.75) is 0 Å². The molecule has 0 radical (unpaired) electrons. The summed E-state index contributed by atoms with van der Waals surface area (Å²) in [5.74, 6) is 0.376. The number of primary amides is 1. The average molecular weight is 196 g/mol. The van der Waals surface area contributed by atoms with Crippen LogP contribution in [0.4, 0.5) is 5.69 Å². The first kappa shape index (κ1) is 10.2. The second kappa shape index (κ2) is 4.36. The summed E-state index contributed by atoms with van der Waals surface area (Å²) in [4.78, 5) is 10.5. The SMILES string of the molecule is COc1ccc(N)cc1OCC(N)=O. The first-order chi connectivity index (χ1) is 6.63. The van der Waals surface area contributed by atoms with E-state index >= 15 is 0 Å². The summed E-state index contributed by atoms with van der Waals surface area (Å²) in [5.41, 5.74) is 11.0. The Morgan fingerprint density at radius 1 is 1.43 bits per heavy atom. The Bertz CT molecular complexity index is 339. The van der Waals surface area contributed by atoms with Crippen LogP contribution in [0.25, 0.3) is 0 Å². The number of anilines is 1. The van der Waals surface area contributed by atoms with Crippen LogP contribution in [0.1, 0.15) is 0 Å². The highest BCUT2D eigenvalue weighted by atomic mass is 16.5. The van der Waals surface area contributed by atoms with Crippen molar-refractivity contribution in [3.8, 4) is 11.5 Å². The molecule has 0 saturated heterocycles. The normalized spacial score (nSPS) is 9.50. The Hall–Kier alpha value is -1.91. The van der Waals surface area contributed by atoms with E-state index in [0.717, 1.165) is 0 Å². The molecule has 0 spiro atoms. The van der Waals surface area contributed by atoms with Gasteiger partial charge in [0.2, 0.25) is 0 Å². The maximum absolute atomic E-state index is 10.5. The van der Waals surface area contributed by atoms with Gasteiger partial charge in [0.1, 0.15) is 0 Å². The number of ether oxygens (including phenoxy) is 2. The summed E-state index contributed by atoms with van der Waals surface area (Å²) in [5, 5.41) is 0. The molecule has 0 aliphatic carbocycles. The van der Waals surface area contributed by atoms with Crippen molar-refractivity contribution in [2.75, 3.05) is 19.5 Å². The second-order valence-corrected chi connectivity index (χ2v) is 2.67. The number of nitrogen functional groups attached to an aromatic ring is 1. The fraction of sp³-hybridized carbons (Fsp3) is 0.222. The zero-order valence-corrected chi connectivity index (χ0v) is 7.82. The Morgan fingerprint density at radius 2 is 2.14 bits per heavy atom. The topological polar surface area (TPSA) is 87.6 Å². The van der Waals surface area contributed by atoms with Crippen molar-refractivity contribution in [1.29, 1.82) is 0 Å². The van der Waals surface area contributed by atoms with Crippen LogP contribution in [0.15, 0.2) is 18.2 Å². The highest BCUT2D eigenvalue weighted by Gasteiger charge is 2.05. The molecule has 76 valence electrons. The van der Waals surface area contributed by atoms with Crippen molar-refractivity contribution in [3.05, 3.63) is 18.2 Å². The molecule has 14 heavy (non-hydrogen) atoms. The number of carbonyl (C=O) groups is 1. The molecule has 5 heteroatoms. The van der Waals surface area contributed by atoms with Crippen LogP contribution in [0.5, 0.6) is 11.5 Å². The summed E-state index contributed by atoms with van der Waals surface area (Å²) >= 11 is 0. The maximum Gasteiger partial charge on any atom is 0.255 e. The van der Waals surface area contributed by atoms with Crippen molar-refractivity contribution in [1.82, 2.24) is 0 Å². The van der Waals surface area contributed by atoms with E-state index in [1.807, 2.05) is 0 Å². The van der Waals surface area contributed by atoms with Gasteiger partial charge in [-0.05, 0) is 12.1 Å². The fourth-order valence-corrected chi connectivity index (χ4v) is 0.955. The number of hydrogen-bond acceptors (Lipinski definition) is 4. The molecule has 0 saturated carbocycles. The van der Waals surface area contributed by atoms with E-state index in [4.69, 9.17) is 20.9 Å². The Kier molecular flexibility index (Phi) is 3.17. The molecule has 5 nitrogen and oxygen atoms in total. The zero-order chi connectivity index (χ0) is 10.6. The molecule has 1 amide bonds. The van der Waals surface area contributed by atoms with E-state index in [1.165, 1.54) is 7.11 Å². The second-order valence-electron chi connectivity index (χ2n) is 2.67. The third-order valence-corrected chi connectivity index (χ3v) is 1.56. The van der Waals surface area contributed by atoms with E-state index in [9.17, 15) is 4.79 Å². The number of methoxy groups -OCH3 is 1. The zero-order valence-electron chi connectivity index (χ0n) is 7.82. The van der Waals surface area contributed by atoms with Gasteiger partial charge in [0, 0.05) is 11.8 Å². The summed E-state index contributed by atoms with van der Waals surface area (Å²) in [6.07, 6.45) is 0. The first-order valence-electron chi connectivity index (χ1n) is 3.98. The molecule has 0 aliphatic rings. The fourth-order valence-electron chi connectivity index (χ4n) is 0.955. The van der Waals surface area contributed by atoms with E-state index in [1.54, 1.807) is 18.2 Å². The quantitative estimate of drug-likeness (QED) is 0.670. The van der Waals surface area contributed by atoms with E-state index in [0.29, 0.717) is 17.2 Å². The standard InChI is InChI=1S/C9H12N2O3/c1-13-7-3-2-6(10)4-8(7)14-5-9(11)12/h2-4H,5,10H2,1H3,(H2,11,12). The first-order valence-corrected chi connectivity index (χ1v) is 3.98. The van der Waals surface area contributed by atoms with Crippen LogP contribution in [-0.4, -0.2) is 19.6 Å². The van der Waals surface area contributed by atoms with Gasteiger partial charge in [-0.25, -0.2) is 0 Å². The van der Waals surface area contributed by atoms with E-state index < -0.39 is 5.91 Å². The molecule has 0 unspecified atom stereocenters. The third-order valence-electron chi connectivity index (χ3n) is 1.56. The number of benzene rings is 1. The predicted octanol–water partition coefficient (Wildman–Crippen LogP) is 0.141. The largest absolute Gasteiger partial charge is 0.493 e. The van der Waals surface area contributed by atoms with Crippen molar-refractivity contribution in [2.24, 2.45) is 5.73 Å². The van der Waals surface area contributed by atoms with Crippen LogP contribution in [0.2, 0.25) is 0 Å². The lowest BCUT2D eigenvalue weighted by atomic mass is 10.3. The van der Waals surface area contributed by atoms with Crippen molar-refractivity contribution < 1.29 is 14.3 Å². The van der Waals surface area contributed by atoms with Gasteiger partial charge in [-0.15, -0.1) is 0 Å². The van der Waals surface area contributed by atoms with Gasteiger partial charge in [-0.3, -0.25) is 4.79 Å². The van der Waals surface area contributed by atoms with Crippen molar-refractivity contribution >= 4 is 11.6 Å². The molecule has 1 aromatic rings. The van der Waals surface area contributed by atoms with Crippen LogP contribution in [0.3, 0.4) is 0 Å². The van der Waals surface area contributed by atoms with Gasteiger partial charge in [0.15, 0.2) is 18.1 Å². The summed E-state index contributed by atoms with van der Waals surface area (Å²) in [7, 11) is 1.50. The lowest BCUT2D eigenvalue weighted by Crippen LogP contribution is -2.20. The van der Waals surface area contributed by atoms with Crippen LogP contribution in [-0.2, 0) is 4.79 Å². The minimum absolute atomic E-state index is 0.195. The third kappa shape index (κ3) is 2.55. The minimum atomic E-state index is -0.547. The molecular weight excluding hydrogens is 184 g/mol. The summed E-state index contributed by atoms with van der Waals surface area (Å²) in [6.45, 7) is -0.195. The summed E-state index contributed by atoms with van der Waals surface area (Å²) in [6, 6.07) is 4.91. The van der Waals surface area contributed by atoms with Gasteiger partial charge in [-0.2, -0.15) is 0 Å². The monoisotopic (exact) mass is 196 g/mol. The van der Waals surface area contributed by atoms with Crippen molar-refractivity contribution in [3.63, 3.8) is 0 Å². The molecule has 1 rings (SSSR count). The van der Waals surface area contributed by atoms with E-state index in [-0.39, 0.29) is 6.61 Å². The molecule has 0 bridgehead atoms. The van der Waals surface area contributed by atoms with Gasteiger partial charge in [0.25, 0.3) is 5.91 Å². The molecule has 1 aromatic carbocycles. The Balaban J connectivity index is 2.82. The number of nitrogens with two attached hydrogens (primary N) is 2. The molecular formula is C9H12N2O3. The molecule has 4 N–H and O–H groups in total. The van der Waals surface area contributed by atoms with E-state index in [2.05, 4.69) is 0 Å². The highest BCUT2D eigenvalue weighted by Crippen LogP contribution is 2.28. The molecule has 0 heterocycles.